The molecule has 1 aliphatic heterocycles. The minimum absolute atomic E-state index is 0.186. The Hall–Kier alpha value is -3.31. The topological polar surface area (TPSA) is 50.8 Å². The summed E-state index contributed by atoms with van der Waals surface area (Å²) < 4.78 is 11.4. The lowest BCUT2D eigenvalue weighted by molar-refractivity contribution is 0.102. The molecule has 4 rings (SSSR count). The summed E-state index contributed by atoms with van der Waals surface area (Å²) in [4.78, 5) is 15.2. The number of carbonyl (C=O) groups is 1. The summed E-state index contributed by atoms with van der Waals surface area (Å²) in [6.07, 6.45) is 0. The third-order valence-electron chi connectivity index (χ3n) is 5.11. The molecule has 3 aromatic carbocycles. The van der Waals surface area contributed by atoms with Crippen molar-refractivity contribution >= 4 is 17.3 Å². The van der Waals surface area contributed by atoms with E-state index in [0.29, 0.717) is 17.9 Å². The van der Waals surface area contributed by atoms with E-state index < -0.39 is 0 Å². The summed E-state index contributed by atoms with van der Waals surface area (Å²) in [7, 11) is 0. The van der Waals surface area contributed by atoms with Crippen molar-refractivity contribution in [1.82, 2.24) is 0 Å². The summed E-state index contributed by atoms with van der Waals surface area (Å²) >= 11 is 0. The number of benzene rings is 3. The molecule has 1 fully saturated rings. The van der Waals surface area contributed by atoms with E-state index in [9.17, 15) is 4.79 Å². The average Bonchev–Trinajstić information content (AvgIpc) is 2.79. The van der Waals surface area contributed by atoms with Crippen molar-refractivity contribution in [3.63, 3.8) is 0 Å². The zero-order chi connectivity index (χ0) is 20.8. The van der Waals surface area contributed by atoms with Gasteiger partial charge in [0.25, 0.3) is 5.91 Å². The Morgan fingerprint density at radius 3 is 2.53 bits per heavy atom. The molecule has 0 aliphatic carbocycles. The largest absolute Gasteiger partial charge is 0.488 e. The van der Waals surface area contributed by atoms with Crippen LogP contribution in [0.2, 0.25) is 0 Å². The average molecular weight is 402 g/mol. The molecule has 5 nitrogen and oxygen atoms in total. The zero-order valence-corrected chi connectivity index (χ0v) is 17.1. The number of para-hydroxylation sites is 1. The van der Waals surface area contributed by atoms with E-state index in [1.807, 2.05) is 54.6 Å². The minimum Gasteiger partial charge on any atom is -0.488 e. The maximum Gasteiger partial charge on any atom is 0.259 e. The number of aryl methyl sites for hydroxylation is 1. The summed E-state index contributed by atoms with van der Waals surface area (Å²) in [5.41, 5.74) is 4.66. The van der Waals surface area contributed by atoms with Gasteiger partial charge < -0.3 is 19.7 Å². The highest BCUT2D eigenvalue weighted by atomic mass is 16.5. The first-order chi connectivity index (χ1) is 14.7. The van der Waals surface area contributed by atoms with E-state index in [2.05, 4.69) is 29.3 Å². The van der Waals surface area contributed by atoms with Gasteiger partial charge in [0, 0.05) is 24.5 Å². The number of carbonyl (C=O) groups excluding carboxylic acids is 1. The quantitative estimate of drug-likeness (QED) is 0.651. The van der Waals surface area contributed by atoms with Gasteiger partial charge in [0.15, 0.2) is 0 Å². The molecule has 30 heavy (non-hydrogen) atoms. The van der Waals surface area contributed by atoms with E-state index in [1.165, 1.54) is 5.56 Å². The van der Waals surface area contributed by atoms with E-state index in [0.717, 1.165) is 43.2 Å². The predicted octanol–water partition coefficient (Wildman–Crippen LogP) is 4.66. The van der Waals surface area contributed by atoms with E-state index in [4.69, 9.17) is 9.47 Å². The predicted molar refractivity (Wildman–Crippen MR) is 119 cm³/mol. The molecule has 0 radical (unpaired) electrons. The summed E-state index contributed by atoms with van der Waals surface area (Å²) in [5, 5.41) is 2.97. The molecular weight excluding hydrogens is 376 g/mol. The molecule has 1 N–H and O–H groups in total. The third kappa shape index (κ3) is 4.99. The van der Waals surface area contributed by atoms with Gasteiger partial charge in [0.05, 0.1) is 18.8 Å². The highest BCUT2D eigenvalue weighted by Gasteiger charge is 2.14. The maximum atomic E-state index is 12.9. The van der Waals surface area contributed by atoms with Gasteiger partial charge in [0.1, 0.15) is 12.4 Å². The van der Waals surface area contributed by atoms with Crippen LogP contribution >= 0.6 is 0 Å². The van der Waals surface area contributed by atoms with Crippen molar-refractivity contribution in [3.8, 4) is 5.75 Å². The van der Waals surface area contributed by atoms with Crippen LogP contribution in [0, 0.1) is 6.92 Å². The second-order valence-corrected chi connectivity index (χ2v) is 7.37. The number of amides is 1. The van der Waals surface area contributed by atoms with Crippen LogP contribution in [0.15, 0.2) is 72.8 Å². The molecule has 0 spiro atoms. The highest BCUT2D eigenvalue weighted by Crippen LogP contribution is 2.23. The zero-order valence-electron chi connectivity index (χ0n) is 17.1. The van der Waals surface area contributed by atoms with Crippen LogP contribution in [0.5, 0.6) is 5.75 Å². The minimum atomic E-state index is -0.186. The Bertz CT molecular complexity index is 995. The maximum absolute atomic E-state index is 12.9. The number of ether oxygens (including phenoxy) is 2. The molecule has 154 valence electrons. The van der Waals surface area contributed by atoms with Gasteiger partial charge in [-0.3, -0.25) is 4.79 Å². The number of hydrogen-bond donors (Lipinski definition) is 1. The second kappa shape index (κ2) is 9.46. The molecular formula is C25H26N2O3. The molecule has 1 saturated heterocycles. The first kappa shape index (κ1) is 20.0. The number of nitrogens with zero attached hydrogens (tertiary/aromatic N) is 1. The van der Waals surface area contributed by atoms with Crippen molar-refractivity contribution in [1.29, 1.82) is 0 Å². The van der Waals surface area contributed by atoms with Crippen LogP contribution in [-0.4, -0.2) is 32.2 Å². The van der Waals surface area contributed by atoms with Gasteiger partial charge in [-0.2, -0.15) is 0 Å². The number of rotatable bonds is 6. The van der Waals surface area contributed by atoms with Crippen molar-refractivity contribution in [3.05, 3.63) is 89.5 Å². The molecule has 0 atom stereocenters. The van der Waals surface area contributed by atoms with Crippen LogP contribution in [0.4, 0.5) is 11.4 Å². The fourth-order valence-electron chi connectivity index (χ4n) is 3.52. The normalized spacial score (nSPS) is 13.7. The first-order valence-electron chi connectivity index (χ1n) is 10.2. The number of nitrogens with one attached hydrogen (secondary N) is 1. The Morgan fingerprint density at radius 1 is 1.00 bits per heavy atom. The van der Waals surface area contributed by atoms with Crippen molar-refractivity contribution in [2.75, 3.05) is 36.5 Å². The SMILES string of the molecule is Cc1cccc(COc2ccccc2C(=O)Nc2ccc(N3CCOCC3)cc2)c1. The first-order valence-corrected chi connectivity index (χ1v) is 10.2. The molecule has 0 bridgehead atoms. The standard InChI is InChI=1S/C25H26N2O3/c1-19-5-4-6-20(17-19)18-30-24-8-3-2-7-23(24)25(28)26-21-9-11-22(12-10-21)27-13-15-29-16-14-27/h2-12,17H,13-16,18H2,1H3,(H,26,28). The molecule has 0 aromatic heterocycles. The summed E-state index contributed by atoms with van der Waals surface area (Å²) in [6.45, 7) is 5.74. The Kier molecular flexibility index (Phi) is 6.30. The smallest absolute Gasteiger partial charge is 0.259 e. The molecule has 1 amide bonds. The van der Waals surface area contributed by atoms with Gasteiger partial charge in [-0.05, 0) is 48.9 Å². The van der Waals surface area contributed by atoms with Gasteiger partial charge in [-0.1, -0.05) is 42.0 Å². The van der Waals surface area contributed by atoms with E-state index >= 15 is 0 Å². The summed E-state index contributed by atoms with van der Waals surface area (Å²) in [6, 6.07) is 23.4. The van der Waals surface area contributed by atoms with Gasteiger partial charge in [0.2, 0.25) is 0 Å². The molecule has 3 aromatic rings. The van der Waals surface area contributed by atoms with Gasteiger partial charge >= 0.3 is 0 Å². The fourth-order valence-corrected chi connectivity index (χ4v) is 3.52. The van der Waals surface area contributed by atoms with Crippen molar-refractivity contribution in [2.45, 2.75) is 13.5 Å². The van der Waals surface area contributed by atoms with Crippen molar-refractivity contribution in [2.24, 2.45) is 0 Å². The molecule has 1 heterocycles. The highest BCUT2D eigenvalue weighted by molar-refractivity contribution is 6.06. The Balaban J connectivity index is 1.42. The van der Waals surface area contributed by atoms with Crippen molar-refractivity contribution < 1.29 is 14.3 Å². The van der Waals surface area contributed by atoms with Gasteiger partial charge in [-0.25, -0.2) is 0 Å². The van der Waals surface area contributed by atoms with E-state index in [1.54, 1.807) is 6.07 Å². The lowest BCUT2D eigenvalue weighted by atomic mass is 10.1. The Morgan fingerprint density at radius 2 is 1.77 bits per heavy atom. The molecule has 0 unspecified atom stereocenters. The summed E-state index contributed by atoms with van der Waals surface area (Å²) in [5.74, 6) is 0.385. The van der Waals surface area contributed by atoms with Crippen LogP contribution in [0.25, 0.3) is 0 Å². The lowest BCUT2D eigenvalue weighted by Crippen LogP contribution is -2.36. The fraction of sp³-hybridized carbons (Fsp3) is 0.240. The Labute approximate surface area is 177 Å². The molecule has 1 aliphatic rings. The number of anilines is 2. The van der Waals surface area contributed by atoms with Crippen LogP contribution in [0.1, 0.15) is 21.5 Å². The second-order valence-electron chi connectivity index (χ2n) is 7.37. The van der Waals surface area contributed by atoms with E-state index in [-0.39, 0.29) is 5.91 Å². The van der Waals surface area contributed by atoms with Crippen LogP contribution < -0.4 is 15.0 Å². The lowest BCUT2D eigenvalue weighted by Gasteiger charge is -2.28. The molecule has 0 saturated carbocycles. The number of morpholine rings is 1. The third-order valence-corrected chi connectivity index (χ3v) is 5.11. The monoisotopic (exact) mass is 402 g/mol. The number of hydrogen-bond acceptors (Lipinski definition) is 4. The molecule has 5 heteroatoms. The van der Waals surface area contributed by atoms with Crippen LogP contribution in [0.3, 0.4) is 0 Å². The van der Waals surface area contributed by atoms with Gasteiger partial charge in [-0.15, -0.1) is 0 Å². The van der Waals surface area contributed by atoms with Crippen LogP contribution in [-0.2, 0) is 11.3 Å².